The van der Waals surface area contributed by atoms with E-state index in [0.29, 0.717) is 22.9 Å². The summed E-state index contributed by atoms with van der Waals surface area (Å²) in [5.74, 6) is 0.446. The number of aliphatic hydroxyl groups excluding tert-OH is 1. The Morgan fingerprint density at radius 2 is 2.24 bits per heavy atom. The highest BCUT2D eigenvalue weighted by atomic mass is 35.5. The fourth-order valence-corrected chi connectivity index (χ4v) is 1.41. The van der Waals surface area contributed by atoms with Crippen LogP contribution < -0.4 is 4.74 Å². The molecule has 0 aliphatic rings. The largest absolute Gasteiger partial charge is 0.489 e. The Morgan fingerprint density at radius 3 is 2.82 bits per heavy atom. The molecule has 5 heteroatoms. The van der Waals surface area contributed by atoms with Gasteiger partial charge < -0.3 is 14.6 Å². The maximum atomic E-state index is 9.49. The Labute approximate surface area is 105 Å². The van der Waals surface area contributed by atoms with Crippen LogP contribution in [0.5, 0.6) is 5.75 Å². The molecule has 1 rings (SSSR count). The molecule has 0 amide bonds. The van der Waals surface area contributed by atoms with Crippen molar-refractivity contribution in [2.24, 2.45) is 0 Å². The second-order valence-corrected chi connectivity index (χ2v) is 3.79. The normalized spacial score (nSPS) is 11.9. The topological polar surface area (TPSA) is 62.5 Å². The van der Waals surface area contributed by atoms with Crippen LogP contribution in [0.25, 0.3) is 0 Å². The minimum absolute atomic E-state index is 0.103. The van der Waals surface area contributed by atoms with Crippen LogP contribution in [0.15, 0.2) is 18.2 Å². The maximum absolute atomic E-state index is 9.49. The smallest absolute Gasteiger partial charge is 0.138 e. The third-order valence-corrected chi connectivity index (χ3v) is 2.30. The van der Waals surface area contributed by atoms with Crippen LogP contribution in [-0.4, -0.2) is 31.0 Å². The van der Waals surface area contributed by atoms with Gasteiger partial charge in [0.05, 0.1) is 23.3 Å². The molecule has 4 nitrogen and oxygen atoms in total. The summed E-state index contributed by atoms with van der Waals surface area (Å²) >= 11 is 5.91. The molecule has 1 atom stereocenters. The number of hydrogen-bond acceptors (Lipinski definition) is 4. The van der Waals surface area contributed by atoms with Gasteiger partial charge in [0, 0.05) is 6.61 Å². The molecule has 1 aromatic carbocycles. The number of nitrogens with zero attached hydrogens (tertiary/aromatic N) is 1. The highest BCUT2D eigenvalue weighted by Crippen LogP contribution is 2.25. The van der Waals surface area contributed by atoms with E-state index in [9.17, 15) is 5.11 Å². The molecule has 0 fully saturated rings. The van der Waals surface area contributed by atoms with Crippen LogP contribution in [0, 0.1) is 11.3 Å². The molecule has 0 bridgehead atoms. The third-order valence-electron chi connectivity index (χ3n) is 2.01. The van der Waals surface area contributed by atoms with E-state index in [1.807, 2.05) is 13.0 Å². The average Bonchev–Trinajstić information content (AvgIpc) is 2.34. The first-order valence-electron chi connectivity index (χ1n) is 5.25. The summed E-state index contributed by atoms with van der Waals surface area (Å²) in [6.45, 7) is 2.73. The molecule has 0 aliphatic heterocycles. The van der Waals surface area contributed by atoms with Gasteiger partial charge >= 0.3 is 0 Å². The van der Waals surface area contributed by atoms with E-state index < -0.39 is 6.10 Å². The highest BCUT2D eigenvalue weighted by molar-refractivity contribution is 6.32. The van der Waals surface area contributed by atoms with Gasteiger partial charge in [-0.2, -0.15) is 5.26 Å². The van der Waals surface area contributed by atoms with Gasteiger partial charge in [-0.1, -0.05) is 11.6 Å². The fourth-order valence-electron chi connectivity index (χ4n) is 1.18. The van der Waals surface area contributed by atoms with Crippen molar-refractivity contribution in [3.8, 4) is 11.8 Å². The van der Waals surface area contributed by atoms with Gasteiger partial charge in [0.15, 0.2) is 0 Å². The lowest BCUT2D eigenvalue weighted by molar-refractivity contribution is 0.0164. The summed E-state index contributed by atoms with van der Waals surface area (Å²) < 4.78 is 10.4. The molecule has 0 spiro atoms. The zero-order valence-electron chi connectivity index (χ0n) is 9.52. The van der Waals surface area contributed by atoms with Crippen LogP contribution in [-0.2, 0) is 4.74 Å². The summed E-state index contributed by atoms with van der Waals surface area (Å²) in [7, 11) is 0. The Hall–Kier alpha value is -1.28. The minimum Gasteiger partial charge on any atom is -0.489 e. The molecule has 0 saturated carbocycles. The van der Waals surface area contributed by atoms with E-state index in [4.69, 9.17) is 26.3 Å². The van der Waals surface area contributed by atoms with Crippen molar-refractivity contribution < 1.29 is 14.6 Å². The van der Waals surface area contributed by atoms with Crippen molar-refractivity contribution in [1.82, 2.24) is 0 Å². The number of halogens is 1. The molecular weight excluding hydrogens is 242 g/mol. The van der Waals surface area contributed by atoms with Crippen molar-refractivity contribution in [3.63, 3.8) is 0 Å². The van der Waals surface area contributed by atoms with Crippen LogP contribution in [0.4, 0.5) is 0 Å². The Bertz CT molecular complexity index is 403. The highest BCUT2D eigenvalue weighted by Gasteiger charge is 2.08. The molecule has 1 aromatic rings. The average molecular weight is 256 g/mol. The zero-order valence-corrected chi connectivity index (χ0v) is 10.3. The fraction of sp³-hybridized carbons (Fsp3) is 0.417. The molecule has 17 heavy (non-hydrogen) atoms. The van der Waals surface area contributed by atoms with E-state index in [1.165, 1.54) is 6.07 Å². The SMILES string of the molecule is CCOC[C@H](O)COc1ccc(C#N)cc1Cl. The van der Waals surface area contributed by atoms with Crippen LogP contribution in [0.3, 0.4) is 0 Å². The molecule has 0 unspecified atom stereocenters. The van der Waals surface area contributed by atoms with Gasteiger partial charge in [0.1, 0.15) is 18.5 Å². The van der Waals surface area contributed by atoms with E-state index in [1.54, 1.807) is 12.1 Å². The van der Waals surface area contributed by atoms with E-state index in [0.717, 1.165) is 0 Å². The zero-order chi connectivity index (χ0) is 12.7. The lowest BCUT2D eigenvalue weighted by Gasteiger charge is -2.13. The van der Waals surface area contributed by atoms with Gasteiger partial charge in [-0.15, -0.1) is 0 Å². The first-order valence-corrected chi connectivity index (χ1v) is 5.63. The standard InChI is InChI=1S/C12H14ClNO3/c1-2-16-7-10(15)8-17-12-4-3-9(6-14)5-11(12)13/h3-5,10,15H,2,7-8H2,1H3/t10-/m0/s1. The second kappa shape index (κ2) is 7.13. The molecule has 0 aliphatic carbocycles. The Morgan fingerprint density at radius 1 is 1.47 bits per heavy atom. The summed E-state index contributed by atoms with van der Waals surface area (Å²) in [5, 5.41) is 18.5. The van der Waals surface area contributed by atoms with Crippen molar-refractivity contribution in [2.75, 3.05) is 19.8 Å². The number of ether oxygens (including phenoxy) is 2. The molecule has 92 valence electrons. The van der Waals surface area contributed by atoms with Gasteiger partial charge in [0.25, 0.3) is 0 Å². The molecule has 0 heterocycles. The molecule has 1 N–H and O–H groups in total. The number of rotatable bonds is 6. The van der Waals surface area contributed by atoms with Crippen molar-refractivity contribution in [3.05, 3.63) is 28.8 Å². The van der Waals surface area contributed by atoms with E-state index >= 15 is 0 Å². The number of aliphatic hydroxyl groups is 1. The summed E-state index contributed by atoms with van der Waals surface area (Å²) in [6, 6.07) is 6.71. The lowest BCUT2D eigenvalue weighted by Crippen LogP contribution is -2.23. The van der Waals surface area contributed by atoms with E-state index in [2.05, 4.69) is 0 Å². The van der Waals surface area contributed by atoms with Crippen LogP contribution in [0.1, 0.15) is 12.5 Å². The minimum atomic E-state index is -0.693. The third kappa shape index (κ3) is 4.61. The predicted octanol–water partition coefficient (Wildman–Crippen LogP) is 1.99. The van der Waals surface area contributed by atoms with Crippen LogP contribution >= 0.6 is 11.6 Å². The number of hydrogen-bond donors (Lipinski definition) is 1. The number of benzene rings is 1. The van der Waals surface area contributed by atoms with Gasteiger partial charge in [0.2, 0.25) is 0 Å². The summed E-state index contributed by atoms with van der Waals surface area (Å²) in [6.07, 6.45) is -0.693. The molecule has 0 saturated heterocycles. The summed E-state index contributed by atoms with van der Waals surface area (Å²) in [4.78, 5) is 0. The van der Waals surface area contributed by atoms with Crippen molar-refractivity contribution in [1.29, 1.82) is 5.26 Å². The lowest BCUT2D eigenvalue weighted by atomic mass is 10.2. The predicted molar refractivity (Wildman–Crippen MR) is 64.2 cm³/mol. The summed E-state index contributed by atoms with van der Waals surface area (Å²) in [5.41, 5.74) is 0.470. The van der Waals surface area contributed by atoms with Crippen LogP contribution in [0.2, 0.25) is 5.02 Å². The Kier molecular flexibility index (Phi) is 5.78. The Balaban J connectivity index is 2.49. The second-order valence-electron chi connectivity index (χ2n) is 3.38. The van der Waals surface area contributed by atoms with Gasteiger partial charge in [-0.25, -0.2) is 0 Å². The first-order chi connectivity index (χ1) is 8.17. The first kappa shape index (κ1) is 13.8. The van der Waals surface area contributed by atoms with Gasteiger partial charge in [-0.05, 0) is 25.1 Å². The number of nitriles is 1. The van der Waals surface area contributed by atoms with Crippen molar-refractivity contribution in [2.45, 2.75) is 13.0 Å². The maximum Gasteiger partial charge on any atom is 0.138 e. The quantitative estimate of drug-likeness (QED) is 0.844. The van der Waals surface area contributed by atoms with E-state index in [-0.39, 0.29) is 13.2 Å². The van der Waals surface area contributed by atoms with Gasteiger partial charge in [-0.3, -0.25) is 0 Å². The monoisotopic (exact) mass is 255 g/mol. The molecule has 0 radical (unpaired) electrons. The molecule has 0 aromatic heterocycles. The molecular formula is C12H14ClNO3. The van der Waals surface area contributed by atoms with Crippen molar-refractivity contribution >= 4 is 11.6 Å².